The highest BCUT2D eigenvalue weighted by atomic mass is 19.1. The highest BCUT2D eigenvalue weighted by Crippen LogP contribution is 2.25. The van der Waals surface area contributed by atoms with Gasteiger partial charge in [0.05, 0.1) is 13.2 Å². The number of Topliss-reactive ketones (excluding diaryl/α,β-unsaturated/α-hetero) is 1. The number of benzene rings is 2. The van der Waals surface area contributed by atoms with Crippen LogP contribution in [0.5, 0.6) is 5.88 Å². The average Bonchev–Trinajstić information content (AvgIpc) is 3.02. The number of nitrogens with zero attached hydrogens (tertiary/aromatic N) is 4. The third-order valence-electron chi connectivity index (χ3n) is 7.95. The summed E-state index contributed by atoms with van der Waals surface area (Å²) in [7, 11) is 3.97. The lowest BCUT2D eigenvalue weighted by Crippen LogP contribution is -2.42. The van der Waals surface area contributed by atoms with Gasteiger partial charge in [0.25, 0.3) is 5.91 Å². The van der Waals surface area contributed by atoms with E-state index in [4.69, 9.17) is 9.47 Å². The van der Waals surface area contributed by atoms with Crippen molar-refractivity contribution in [3.8, 4) is 5.88 Å². The van der Waals surface area contributed by atoms with Gasteiger partial charge in [-0.15, -0.1) is 0 Å². The Morgan fingerprint density at radius 2 is 1.74 bits per heavy atom. The number of hydrogen-bond donors (Lipinski definition) is 0. The molecule has 42 heavy (non-hydrogen) atoms. The molecular weight excluding hydrogens is 535 g/mol. The maximum Gasteiger partial charge on any atom is 0.254 e. The molecule has 0 bridgehead atoms. The van der Waals surface area contributed by atoms with Gasteiger partial charge in [0.2, 0.25) is 5.88 Å². The molecule has 2 aromatic carbocycles. The van der Waals surface area contributed by atoms with Crippen molar-refractivity contribution in [1.29, 1.82) is 0 Å². The number of aryl methyl sites for hydroxylation is 1. The standard InChI is InChI=1S/C33H39FN4O4/c1-36(2)27-8-3-24(4-9-27)5-10-29(39)21-25-6-7-26(34)22-31(25)33(40)38-15-12-30(13-16-38)42-32-23-28(11-14-35-32)37-17-19-41-20-18-37/h3-4,6-9,11,14,22-23,30H,5,10,12-13,15-21H2,1-2H3. The van der Waals surface area contributed by atoms with Crippen molar-refractivity contribution < 1.29 is 23.5 Å². The quantitative estimate of drug-likeness (QED) is 0.352. The van der Waals surface area contributed by atoms with Gasteiger partial charge in [-0.05, 0) is 47.9 Å². The fourth-order valence-electron chi connectivity index (χ4n) is 5.45. The van der Waals surface area contributed by atoms with Crippen LogP contribution in [0.1, 0.15) is 40.7 Å². The van der Waals surface area contributed by atoms with Crippen LogP contribution in [0.15, 0.2) is 60.8 Å². The Morgan fingerprint density at radius 3 is 2.45 bits per heavy atom. The number of ether oxygens (including phenoxy) is 2. The summed E-state index contributed by atoms with van der Waals surface area (Å²) >= 11 is 0. The van der Waals surface area contributed by atoms with Crippen LogP contribution >= 0.6 is 0 Å². The molecule has 3 heterocycles. The van der Waals surface area contributed by atoms with E-state index in [-0.39, 0.29) is 29.8 Å². The molecule has 0 radical (unpaired) electrons. The minimum absolute atomic E-state index is 0.0197. The van der Waals surface area contributed by atoms with Crippen LogP contribution < -0.4 is 14.5 Å². The summed E-state index contributed by atoms with van der Waals surface area (Å²) in [5.74, 6) is -0.142. The number of piperidine rings is 1. The Morgan fingerprint density at radius 1 is 1.00 bits per heavy atom. The Kier molecular flexibility index (Phi) is 9.69. The van der Waals surface area contributed by atoms with Crippen LogP contribution in [0, 0.1) is 5.82 Å². The molecule has 2 aliphatic heterocycles. The normalized spacial score (nSPS) is 15.9. The van der Waals surface area contributed by atoms with Gasteiger partial charge in [-0.2, -0.15) is 0 Å². The molecule has 2 fully saturated rings. The first-order chi connectivity index (χ1) is 20.4. The van der Waals surface area contributed by atoms with Crippen LogP contribution in [0.3, 0.4) is 0 Å². The summed E-state index contributed by atoms with van der Waals surface area (Å²) in [5, 5.41) is 0. The predicted octanol–water partition coefficient (Wildman–Crippen LogP) is 4.55. The molecule has 0 saturated carbocycles. The molecule has 0 unspecified atom stereocenters. The third kappa shape index (κ3) is 7.64. The van der Waals surface area contributed by atoms with Gasteiger partial charge in [-0.1, -0.05) is 18.2 Å². The number of carbonyl (C=O) groups excluding carboxylic acids is 2. The zero-order valence-electron chi connectivity index (χ0n) is 24.4. The Hall–Kier alpha value is -3.98. The van der Waals surface area contributed by atoms with E-state index < -0.39 is 5.82 Å². The number of halogens is 1. The number of rotatable bonds is 10. The molecule has 1 aromatic heterocycles. The summed E-state index contributed by atoms with van der Waals surface area (Å²) in [6, 6.07) is 16.2. The molecule has 0 atom stereocenters. The first kappa shape index (κ1) is 29.5. The zero-order valence-corrected chi connectivity index (χ0v) is 24.4. The van der Waals surface area contributed by atoms with Crippen molar-refractivity contribution in [2.24, 2.45) is 0 Å². The molecule has 0 N–H and O–H groups in total. The lowest BCUT2D eigenvalue weighted by molar-refractivity contribution is -0.118. The molecule has 3 aromatic rings. The van der Waals surface area contributed by atoms with Gasteiger partial charge in [0.15, 0.2) is 0 Å². The fourth-order valence-corrected chi connectivity index (χ4v) is 5.45. The van der Waals surface area contributed by atoms with Crippen molar-refractivity contribution >= 4 is 23.1 Å². The number of hydrogen-bond acceptors (Lipinski definition) is 7. The monoisotopic (exact) mass is 574 g/mol. The second-order valence-electron chi connectivity index (χ2n) is 11.1. The number of pyridine rings is 1. The number of anilines is 2. The van der Waals surface area contributed by atoms with Gasteiger partial charge in [0, 0.05) is 95.2 Å². The first-order valence-corrected chi connectivity index (χ1v) is 14.7. The summed E-state index contributed by atoms with van der Waals surface area (Å²) < 4.78 is 25.9. The van der Waals surface area contributed by atoms with Crippen LogP contribution in [0.25, 0.3) is 0 Å². The molecule has 5 rings (SSSR count). The van der Waals surface area contributed by atoms with Gasteiger partial charge in [0.1, 0.15) is 17.7 Å². The smallest absolute Gasteiger partial charge is 0.254 e. The Bertz CT molecular complexity index is 1370. The second-order valence-corrected chi connectivity index (χ2v) is 11.1. The van der Waals surface area contributed by atoms with E-state index in [9.17, 15) is 14.0 Å². The van der Waals surface area contributed by atoms with E-state index in [1.54, 1.807) is 17.2 Å². The Labute approximate surface area is 247 Å². The van der Waals surface area contributed by atoms with Crippen molar-refractivity contribution in [2.45, 2.75) is 38.2 Å². The molecular formula is C33H39FN4O4. The average molecular weight is 575 g/mol. The summed E-state index contributed by atoms with van der Waals surface area (Å²) in [5.41, 5.74) is 4.07. The second kappa shape index (κ2) is 13.8. The summed E-state index contributed by atoms with van der Waals surface area (Å²) in [6.45, 7) is 4.06. The lowest BCUT2D eigenvalue weighted by Gasteiger charge is -2.33. The molecule has 1 amide bonds. The molecule has 8 nitrogen and oxygen atoms in total. The van der Waals surface area contributed by atoms with Crippen LogP contribution in [-0.4, -0.2) is 81.2 Å². The van der Waals surface area contributed by atoms with Crippen molar-refractivity contribution in [3.05, 3.63) is 83.3 Å². The van der Waals surface area contributed by atoms with Crippen LogP contribution in [0.2, 0.25) is 0 Å². The highest BCUT2D eigenvalue weighted by Gasteiger charge is 2.27. The number of aromatic nitrogens is 1. The van der Waals surface area contributed by atoms with Gasteiger partial charge in [-0.3, -0.25) is 9.59 Å². The van der Waals surface area contributed by atoms with Crippen molar-refractivity contribution in [3.63, 3.8) is 0 Å². The predicted molar refractivity (Wildman–Crippen MR) is 161 cm³/mol. The molecule has 0 spiro atoms. The van der Waals surface area contributed by atoms with E-state index in [1.165, 1.54) is 12.1 Å². The number of ketones is 1. The molecule has 9 heteroatoms. The minimum atomic E-state index is -0.486. The maximum absolute atomic E-state index is 14.2. The largest absolute Gasteiger partial charge is 0.474 e. The van der Waals surface area contributed by atoms with E-state index in [0.29, 0.717) is 63.4 Å². The van der Waals surface area contributed by atoms with Gasteiger partial charge in [-0.25, -0.2) is 9.37 Å². The van der Waals surface area contributed by atoms with Gasteiger partial charge < -0.3 is 24.2 Å². The fraction of sp³-hybridized carbons (Fsp3) is 0.424. The highest BCUT2D eigenvalue weighted by molar-refractivity contribution is 5.97. The molecule has 2 saturated heterocycles. The van der Waals surface area contributed by atoms with Gasteiger partial charge >= 0.3 is 0 Å². The molecule has 2 aliphatic rings. The SMILES string of the molecule is CN(C)c1ccc(CCC(=O)Cc2ccc(F)cc2C(=O)N2CCC(Oc3cc(N4CCOCC4)ccn3)CC2)cc1. The van der Waals surface area contributed by atoms with Crippen LogP contribution in [0.4, 0.5) is 15.8 Å². The zero-order chi connectivity index (χ0) is 29.5. The number of amides is 1. The van der Waals surface area contributed by atoms with E-state index in [0.717, 1.165) is 30.0 Å². The van der Waals surface area contributed by atoms with E-state index >= 15 is 0 Å². The van der Waals surface area contributed by atoms with Crippen molar-refractivity contribution in [1.82, 2.24) is 9.88 Å². The molecule has 222 valence electrons. The first-order valence-electron chi connectivity index (χ1n) is 14.7. The maximum atomic E-state index is 14.2. The van der Waals surface area contributed by atoms with E-state index in [2.05, 4.69) is 9.88 Å². The number of morpholine rings is 1. The summed E-state index contributed by atoms with van der Waals surface area (Å²) in [4.78, 5) is 36.8. The number of likely N-dealkylation sites (tertiary alicyclic amines) is 1. The Balaban J connectivity index is 1.15. The lowest BCUT2D eigenvalue weighted by atomic mass is 9.97. The topological polar surface area (TPSA) is 75.2 Å². The van der Waals surface area contributed by atoms with Crippen molar-refractivity contribution in [2.75, 3.05) is 63.3 Å². The van der Waals surface area contributed by atoms with Crippen LogP contribution in [-0.2, 0) is 22.4 Å². The number of carbonyl (C=O) groups is 2. The summed E-state index contributed by atoms with van der Waals surface area (Å²) in [6.07, 6.45) is 4.05. The third-order valence-corrected chi connectivity index (χ3v) is 7.95. The minimum Gasteiger partial charge on any atom is -0.474 e. The molecule has 0 aliphatic carbocycles. The van der Waals surface area contributed by atoms with E-state index in [1.807, 2.05) is 55.4 Å².